The van der Waals surface area contributed by atoms with E-state index in [-0.39, 0.29) is 18.2 Å². The van der Waals surface area contributed by atoms with Crippen molar-refractivity contribution in [2.45, 2.75) is 31.5 Å². The van der Waals surface area contributed by atoms with Crippen LogP contribution in [0.2, 0.25) is 0 Å². The predicted molar refractivity (Wildman–Crippen MR) is 51.3 cm³/mol. The van der Waals surface area contributed by atoms with Crippen molar-refractivity contribution < 1.29 is 4.79 Å². The van der Waals surface area contributed by atoms with Crippen molar-refractivity contribution in [1.82, 2.24) is 5.32 Å². The van der Waals surface area contributed by atoms with Gasteiger partial charge in [0.1, 0.15) is 0 Å². The molecular weight excluding hydrogens is 168 g/mol. The van der Waals surface area contributed by atoms with Crippen LogP contribution in [-0.4, -0.2) is 30.4 Å². The number of nitrogens with one attached hydrogen (secondary N) is 1. The molecule has 0 aromatic heterocycles. The van der Waals surface area contributed by atoms with Crippen molar-refractivity contribution in [2.24, 2.45) is 16.5 Å². The molecule has 5 heteroatoms. The molecule has 1 heterocycles. The van der Waals surface area contributed by atoms with Gasteiger partial charge in [-0.25, -0.2) is 0 Å². The fourth-order valence-corrected chi connectivity index (χ4v) is 1.25. The highest BCUT2D eigenvalue weighted by atomic mass is 16.1. The lowest BCUT2D eigenvalue weighted by atomic mass is 9.99. The molecule has 1 unspecified atom stereocenters. The van der Waals surface area contributed by atoms with Gasteiger partial charge in [-0.15, -0.1) is 0 Å². The van der Waals surface area contributed by atoms with Gasteiger partial charge in [0, 0.05) is 13.0 Å². The van der Waals surface area contributed by atoms with Gasteiger partial charge in [-0.3, -0.25) is 9.79 Å². The quantitative estimate of drug-likeness (QED) is 0.489. The minimum atomic E-state index is -0.909. The predicted octanol–water partition coefficient (Wildman–Crippen LogP) is -1.03. The molecule has 1 rings (SSSR count). The number of aliphatic imine (C=N–C) groups is 1. The van der Waals surface area contributed by atoms with Crippen molar-refractivity contribution in [3.8, 4) is 0 Å². The molecule has 0 saturated heterocycles. The van der Waals surface area contributed by atoms with E-state index in [4.69, 9.17) is 11.5 Å². The van der Waals surface area contributed by atoms with Crippen LogP contribution in [0.4, 0.5) is 0 Å². The summed E-state index contributed by atoms with van der Waals surface area (Å²) in [5, 5.41) is 2.89. The van der Waals surface area contributed by atoms with Crippen LogP contribution in [0.25, 0.3) is 0 Å². The molecule has 0 aromatic carbocycles. The standard InChI is InChI=1S/C8H16N4O/c1-8(9,10)4-7(13)6-2-3-11-5-12-6/h5-6H,2-4,9-10H2,1H3,(H,11,12). The number of Topliss-reactive ketones (excluding diaryl/α,β-unsaturated/α-hetero) is 1. The lowest BCUT2D eigenvalue weighted by Gasteiger charge is -2.23. The number of carbonyl (C=O) groups is 1. The molecule has 13 heavy (non-hydrogen) atoms. The van der Waals surface area contributed by atoms with Crippen molar-refractivity contribution in [2.75, 3.05) is 6.54 Å². The molecule has 5 nitrogen and oxygen atoms in total. The molecule has 0 spiro atoms. The van der Waals surface area contributed by atoms with Crippen molar-refractivity contribution in [1.29, 1.82) is 0 Å². The number of nitrogens with zero attached hydrogens (tertiary/aromatic N) is 1. The Morgan fingerprint density at radius 3 is 2.92 bits per heavy atom. The molecule has 74 valence electrons. The minimum absolute atomic E-state index is 0.0543. The number of ketones is 1. The van der Waals surface area contributed by atoms with Gasteiger partial charge in [-0.1, -0.05) is 0 Å². The van der Waals surface area contributed by atoms with Crippen LogP contribution in [0, 0.1) is 0 Å². The van der Waals surface area contributed by atoms with E-state index < -0.39 is 5.66 Å². The zero-order chi connectivity index (χ0) is 9.90. The molecule has 0 aliphatic carbocycles. The maximum atomic E-state index is 11.5. The van der Waals surface area contributed by atoms with Gasteiger partial charge in [0.25, 0.3) is 0 Å². The van der Waals surface area contributed by atoms with E-state index in [1.165, 1.54) is 0 Å². The molecule has 1 atom stereocenters. The highest BCUT2D eigenvalue weighted by molar-refractivity contribution is 5.87. The van der Waals surface area contributed by atoms with Gasteiger partial charge < -0.3 is 16.8 Å². The second-order valence-electron chi connectivity index (χ2n) is 3.69. The van der Waals surface area contributed by atoms with Crippen LogP contribution in [0.15, 0.2) is 4.99 Å². The van der Waals surface area contributed by atoms with Crippen LogP contribution >= 0.6 is 0 Å². The Balaban J connectivity index is 2.43. The first kappa shape index (κ1) is 10.1. The first-order valence-electron chi connectivity index (χ1n) is 4.34. The lowest BCUT2D eigenvalue weighted by Crippen LogP contribution is -2.51. The van der Waals surface area contributed by atoms with E-state index in [0.29, 0.717) is 6.54 Å². The molecule has 1 aliphatic rings. The zero-order valence-electron chi connectivity index (χ0n) is 7.79. The van der Waals surface area contributed by atoms with Crippen molar-refractivity contribution in [3.05, 3.63) is 0 Å². The first-order valence-corrected chi connectivity index (χ1v) is 4.34. The summed E-state index contributed by atoms with van der Waals surface area (Å²) in [5.74, 6) is 0.0543. The summed E-state index contributed by atoms with van der Waals surface area (Å²) in [6.07, 6.45) is 2.49. The molecule has 1 aliphatic heterocycles. The molecule has 0 radical (unpaired) electrons. The van der Waals surface area contributed by atoms with Gasteiger partial charge in [-0.05, 0) is 13.3 Å². The molecule has 0 bridgehead atoms. The summed E-state index contributed by atoms with van der Waals surface area (Å²) in [6.45, 7) is 2.33. The van der Waals surface area contributed by atoms with Crippen LogP contribution in [0.1, 0.15) is 19.8 Å². The summed E-state index contributed by atoms with van der Waals surface area (Å²) in [7, 11) is 0. The molecule has 0 aromatic rings. The Hall–Kier alpha value is -0.940. The largest absolute Gasteiger partial charge is 0.367 e. The van der Waals surface area contributed by atoms with Crippen molar-refractivity contribution >= 4 is 12.1 Å². The van der Waals surface area contributed by atoms with E-state index >= 15 is 0 Å². The summed E-state index contributed by atoms with van der Waals surface area (Å²) < 4.78 is 0. The van der Waals surface area contributed by atoms with E-state index in [1.54, 1.807) is 13.3 Å². The Kier molecular flexibility index (Phi) is 3.00. The SMILES string of the molecule is CC(N)(N)CC(=O)C1CCN=CN1. The van der Waals surface area contributed by atoms with E-state index in [0.717, 1.165) is 6.42 Å². The fourth-order valence-electron chi connectivity index (χ4n) is 1.25. The summed E-state index contributed by atoms with van der Waals surface area (Å²) in [5.41, 5.74) is 10.2. The monoisotopic (exact) mass is 184 g/mol. The Morgan fingerprint density at radius 1 is 1.77 bits per heavy atom. The van der Waals surface area contributed by atoms with E-state index in [9.17, 15) is 4.79 Å². The number of hydrogen-bond acceptors (Lipinski definition) is 5. The Bertz CT molecular complexity index is 219. The molecule has 0 amide bonds. The average molecular weight is 184 g/mol. The zero-order valence-corrected chi connectivity index (χ0v) is 7.79. The molecular formula is C8H16N4O. The number of rotatable bonds is 3. The fraction of sp³-hybridized carbons (Fsp3) is 0.750. The number of nitrogens with two attached hydrogens (primary N) is 2. The Labute approximate surface area is 77.6 Å². The molecule has 0 fully saturated rings. The van der Waals surface area contributed by atoms with E-state index in [1.807, 2.05) is 0 Å². The molecule has 0 saturated carbocycles. The van der Waals surface area contributed by atoms with Gasteiger partial charge in [-0.2, -0.15) is 0 Å². The maximum absolute atomic E-state index is 11.5. The number of hydrogen-bond donors (Lipinski definition) is 3. The van der Waals surface area contributed by atoms with Crippen LogP contribution in [-0.2, 0) is 4.79 Å². The summed E-state index contributed by atoms with van der Waals surface area (Å²) >= 11 is 0. The second kappa shape index (κ2) is 3.85. The van der Waals surface area contributed by atoms with Gasteiger partial charge >= 0.3 is 0 Å². The van der Waals surface area contributed by atoms with Crippen LogP contribution in [0.5, 0.6) is 0 Å². The normalized spacial score (nSPS) is 22.5. The first-order chi connectivity index (χ1) is 5.99. The highest BCUT2D eigenvalue weighted by Gasteiger charge is 2.24. The van der Waals surface area contributed by atoms with Crippen molar-refractivity contribution in [3.63, 3.8) is 0 Å². The molecule has 5 N–H and O–H groups in total. The third-order valence-corrected chi connectivity index (χ3v) is 1.86. The van der Waals surface area contributed by atoms with Gasteiger partial charge in [0.05, 0.1) is 18.0 Å². The van der Waals surface area contributed by atoms with Crippen LogP contribution < -0.4 is 16.8 Å². The Morgan fingerprint density at radius 2 is 2.46 bits per heavy atom. The second-order valence-corrected chi connectivity index (χ2v) is 3.69. The average Bonchev–Trinajstić information content (AvgIpc) is 2.03. The van der Waals surface area contributed by atoms with Gasteiger partial charge in [0.2, 0.25) is 0 Å². The lowest BCUT2D eigenvalue weighted by molar-refractivity contribution is -0.121. The minimum Gasteiger partial charge on any atom is -0.367 e. The van der Waals surface area contributed by atoms with E-state index in [2.05, 4.69) is 10.3 Å². The maximum Gasteiger partial charge on any atom is 0.158 e. The number of carbonyl (C=O) groups excluding carboxylic acids is 1. The smallest absolute Gasteiger partial charge is 0.158 e. The third-order valence-electron chi connectivity index (χ3n) is 1.86. The highest BCUT2D eigenvalue weighted by Crippen LogP contribution is 2.05. The third kappa shape index (κ3) is 3.52. The van der Waals surface area contributed by atoms with Crippen LogP contribution in [0.3, 0.4) is 0 Å². The van der Waals surface area contributed by atoms with Gasteiger partial charge in [0.15, 0.2) is 5.78 Å². The topological polar surface area (TPSA) is 93.5 Å². The summed E-state index contributed by atoms with van der Waals surface area (Å²) in [6, 6.07) is -0.163. The summed E-state index contributed by atoms with van der Waals surface area (Å²) in [4.78, 5) is 15.5.